The highest BCUT2D eigenvalue weighted by atomic mass is 35.5. The van der Waals surface area contributed by atoms with E-state index in [1.54, 1.807) is 42.5 Å². The van der Waals surface area contributed by atoms with Crippen molar-refractivity contribution in [2.24, 2.45) is 4.99 Å². The largest absolute Gasteiger partial charge is 0.490 e. The van der Waals surface area contributed by atoms with Crippen LogP contribution in [0.4, 0.5) is 0 Å². The quantitative estimate of drug-likeness (QED) is 0.301. The van der Waals surface area contributed by atoms with E-state index in [0.29, 0.717) is 40.3 Å². The maximum atomic E-state index is 12.3. The van der Waals surface area contributed by atoms with E-state index in [9.17, 15) is 4.79 Å². The molecule has 0 spiro atoms. The number of cyclic esters (lactones) is 1. The minimum absolute atomic E-state index is 0.173. The summed E-state index contributed by atoms with van der Waals surface area (Å²) in [7, 11) is 0. The second-order valence-corrected chi connectivity index (χ2v) is 7.65. The first kappa shape index (κ1) is 21.9. The van der Waals surface area contributed by atoms with Crippen LogP contribution >= 0.6 is 23.2 Å². The van der Waals surface area contributed by atoms with Gasteiger partial charge in [-0.25, -0.2) is 9.79 Å². The Morgan fingerprint density at radius 2 is 1.69 bits per heavy atom. The minimum atomic E-state index is -0.545. The van der Waals surface area contributed by atoms with Gasteiger partial charge in [-0.1, -0.05) is 59.6 Å². The molecule has 7 heteroatoms. The van der Waals surface area contributed by atoms with Crippen LogP contribution in [0.3, 0.4) is 0 Å². The number of hydrogen-bond acceptors (Lipinski definition) is 5. The zero-order chi connectivity index (χ0) is 22.5. The molecule has 4 rings (SSSR count). The fourth-order valence-corrected chi connectivity index (χ4v) is 3.50. The number of ether oxygens (including phenoxy) is 3. The fourth-order valence-electron chi connectivity index (χ4n) is 3.09. The van der Waals surface area contributed by atoms with Crippen LogP contribution in [0.5, 0.6) is 11.5 Å². The van der Waals surface area contributed by atoms with Gasteiger partial charge in [0.05, 0.1) is 17.2 Å². The molecule has 1 heterocycles. The van der Waals surface area contributed by atoms with Crippen LogP contribution in [-0.2, 0) is 16.1 Å². The van der Waals surface area contributed by atoms with Crippen LogP contribution in [0.1, 0.15) is 23.6 Å². The Hall–Kier alpha value is -3.28. The van der Waals surface area contributed by atoms with Gasteiger partial charge in [-0.2, -0.15) is 0 Å². The Kier molecular flexibility index (Phi) is 6.78. The molecule has 0 saturated carbocycles. The summed E-state index contributed by atoms with van der Waals surface area (Å²) in [5, 5.41) is 1.10. The van der Waals surface area contributed by atoms with Gasteiger partial charge in [-0.05, 0) is 48.9 Å². The van der Waals surface area contributed by atoms with E-state index in [1.807, 2.05) is 37.3 Å². The third-order valence-corrected chi connectivity index (χ3v) is 5.34. The summed E-state index contributed by atoms with van der Waals surface area (Å²) in [4.78, 5) is 16.6. The van der Waals surface area contributed by atoms with Crippen molar-refractivity contribution in [3.63, 3.8) is 0 Å². The molecule has 3 aromatic rings. The van der Waals surface area contributed by atoms with Crippen molar-refractivity contribution in [2.75, 3.05) is 6.61 Å². The van der Waals surface area contributed by atoms with Crippen molar-refractivity contribution >= 4 is 41.1 Å². The molecule has 0 unspecified atom stereocenters. The number of hydrogen-bond donors (Lipinski definition) is 0. The van der Waals surface area contributed by atoms with Gasteiger partial charge in [0, 0.05) is 10.6 Å². The number of benzene rings is 3. The molecule has 162 valence electrons. The Bertz CT molecular complexity index is 1220. The molecule has 3 aromatic carbocycles. The number of carbonyl (C=O) groups is 1. The molecule has 32 heavy (non-hydrogen) atoms. The van der Waals surface area contributed by atoms with Gasteiger partial charge in [0.15, 0.2) is 17.2 Å². The molecule has 0 atom stereocenters. The lowest BCUT2D eigenvalue weighted by Crippen LogP contribution is -2.05. The molecular weight excluding hydrogens is 449 g/mol. The summed E-state index contributed by atoms with van der Waals surface area (Å²) < 4.78 is 17.0. The molecular formula is C25H19Cl2NO4. The molecule has 0 radical (unpaired) electrons. The number of esters is 1. The van der Waals surface area contributed by atoms with E-state index in [2.05, 4.69) is 4.99 Å². The molecule has 0 N–H and O–H groups in total. The zero-order valence-corrected chi connectivity index (χ0v) is 18.7. The number of halogens is 2. The summed E-state index contributed by atoms with van der Waals surface area (Å²) in [5.41, 5.74) is 2.32. The SMILES string of the molecule is CCOc1cc(/C=C2\N=C(c3ccccc3Cl)OC2=O)ccc1OCc1ccccc1Cl. The predicted octanol–water partition coefficient (Wildman–Crippen LogP) is 6.32. The van der Waals surface area contributed by atoms with E-state index in [4.69, 9.17) is 37.4 Å². The molecule has 5 nitrogen and oxygen atoms in total. The predicted molar refractivity (Wildman–Crippen MR) is 125 cm³/mol. The van der Waals surface area contributed by atoms with E-state index >= 15 is 0 Å². The van der Waals surface area contributed by atoms with Gasteiger partial charge in [-0.15, -0.1) is 0 Å². The van der Waals surface area contributed by atoms with Crippen LogP contribution in [0.25, 0.3) is 6.08 Å². The van der Waals surface area contributed by atoms with Crippen LogP contribution in [-0.4, -0.2) is 18.5 Å². The van der Waals surface area contributed by atoms with Crippen molar-refractivity contribution in [1.29, 1.82) is 0 Å². The maximum absolute atomic E-state index is 12.3. The number of rotatable bonds is 7. The molecule has 0 aliphatic carbocycles. The van der Waals surface area contributed by atoms with Gasteiger partial charge in [0.25, 0.3) is 0 Å². The average Bonchev–Trinajstić information content (AvgIpc) is 3.14. The lowest BCUT2D eigenvalue weighted by Gasteiger charge is -2.13. The average molecular weight is 468 g/mol. The molecule has 0 fully saturated rings. The van der Waals surface area contributed by atoms with Gasteiger partial charge in [0.2, 0.25) is 5.90 Å². The van der Waals surface area contributed by atoms with Crippen LogP contribution in [0, 0.1) is 0 Å². The normalized spacial score (nSPS) is 14.3. The third-order valence-electron chi connectivity index (χ3n) is 4.64. The lowest BCUT2D eigenvalue weighted by atomic mass is 10.1. The van der Waals surface area contributed by atoms with Gasteiger partial charge < -0.3 is 14.2 Å². The standard InChI is InChI=1S/C25H19Cl2NO4/c1-2-30-23-14-16(11-12-22(23)31-15-17-7-3-5-9-19(17)26)13-21-25(29)32-24(28-21)18-8-4-6-10-20(18)27/h3-14H,2,15H2,1H3/b21-13-. The Balaban J connectivity index is 1.58. The van der Waals surface area contributed by atoms with Crippen LogP contribution in [0.15, 0.2) is 77.4 Å². The first-order valence-electron chi connectivity index (χ1n) is 9.95. The summed E-state index contributed by atoms with van der Waals surface area (Å²) in [5.74, 6) is 0.757. The summed E-state index contributed by atoms with van der Waals surface area (Å²) in [6, 6.07) is 19.9. The van der Waals surface area contributed by atoms with Crippen molar-refractivity contribution in [2.45, 2.75) is 13.5 Å². The summed E-state index contributed by atoms with van der Waals surface area (Å²) >= 11 is 12.4. The van der Waals surface area contributed by atoms with Crippen molar-refractivity contribution in [1.82, 2.24) is 0 Å². The molecule has 0 bridgehead atoms. The van der Waals surface area contributed by atoms with E-state index in [-0.39, 0.29) is 11.6 Å². The maximum Gasteiger partial charge on any atom is 0.363 e. The molecule has 0 aromatic heterocycles. The first-order chi connectivity index (χ1) is 15.5. The topological polar surface area (TPSA) is 57.1 Å². The van der Waals surface area contributed by atoms with Crippen LogP contribution in [0.2, 0.25) is 10.0 Å². The van der Waals surface area contributed by atoms with Gasteiger partial charge >= 0.3 is 5.97 Å². The Morgan fingerprint density at radius 3 is 2.44 bits per heavy atom. The van der Waals surface area contributed by atoms with Crippen molar-refractivity contribution in [3.05, 3.63) is 99.2 Å². The highest BCUT2D eigenvalue weighted by molar-refractivity contribution is 6.34. The van der Waals surface area contributed by atoms with Crippen molar-refractivity contribution in [3.8, 4) is 11.5 Å². The molecule has 1 aliphatic heterocycles. The van der Waals surface area contributed by atoms with E-state index in [1.165, 1.54) is 0 Å². The molecule has 0 amide bonds. The van der Waals surface area contributed by atoms with Crippen molar-refractivity contribution < 1.29 is 19.0 Å². The number of aliphatic imine (C=N–C) groups is 1. The second kappa shape index (κ2) is 9.90. The van der Waals surface area contributed by atoms with E-state index in [0.717, 1.165) is 11.1 Å². The summed E-state index contributed by atoms with van der Waals surface area (Å²) in [6.07, 6.45) is 1.63. The Morgan fingerprint density at radius 1 is 0.938 bits per heavy atom. The lowest BCUT2D eigenvalue weighted by molar-refractivity contribution is -0.129. The van der Waals surface area contributed by atoms with E-state index < -0.39 is 5.97 Å². The monoisotopic (exact) mass is 467 g/mol. The smallest absolute Gasteiger partial charge is 0.363 e. The number of nitrogens with zero attached hydrogens (tertiary/aromatic N) is 1. The highest BCUT2D eigenvalue weighted by Gasteiger charge is 2.25. The van der Waals surface area contributed by atoms with Crippen LogP contribution < -0.4 is 9.47 Å². The second-order valence-electron chi connectivity index (χ2n) is 6.84. The van der Waals surface area contributed by atoms with Gasteiger partial charge in [-0.3, -0.25) is 0 Å². The van der Waals surface area contributed by atoms with Gasteiger partial charge in [0.1, 0.15) is 6.61 Å². The molecule has 0 saturated heterocycles. The zero-order valence-electron chi connectivity index (χ0n) is 17.2. The fraction of sp³-hybridized carbons (Fsp3) is 0.120. The molecule has 1 aliphatic rings. The Labute approximate surface area is 195 Å². The highest BCUT2D eigenvalue weighted by Crippen LogP contribution is 2.32. The summed E-state index contributed by atoms with van der Waals surface area (Å²) in [6.45, 7) is 2.65. The minimum Gasteiger partial charge on any atom is -0.490 e. The first-order valence-corrected chi connectivity index (χ1v) is 10.7. The number of carbonyl (C=O) groups excluding carboxylic acids is 1. The third kappa shape index (κ3) is 4.96.